The van der Waals surface area contributed by atoms with E-state index >= 15 is 0 Å². The third-order valence-corrected chi connectivity index (χ3v) is 8.15. The van der Waals surface area contributed by atoms with E-state index in [0.29, 0.717) is 16.9 Å². The highest BCUT2D eigenvalue weighted by Crippen LogP contribution is 2.64. The molecule has 0 heterocycles. The highest BCUT2D eigenvalue weighted by atomic mass is 16.3. The fraction of sp³-hybridized carbons (Fsp3) is 0.895. The lowest BCUT2D eigenvalue weighted by Crippen LogP contribution is -2.52. The van der Waals surface area contributed by atoms with Gasteiger partial charge in [-0.1, -0.05) is 25.5 Å². The molecule has 21 heavy (non-hydrogen) atoms. The van der Waals surface area contributed by atoms with Gasteiger partial charge in [0.1, 0.15) is 0 Å². The van der Waals surface area contributed by atoms with Crippen LogP contribution in [0, 0.1) is 28.6 Å². The molecule has 7 atom stereocenters. The first kappa shape index (κ1) is 14.3. The summed E-state index contributed by atoms with van der Waals surface area (Å²) in [6.45, 7) is 4.97. The molecule has 0 aliphatic heterocycles. The van der Waals surface area contributed by atoms with Crippen LogP contribution in [0.2, 0.25) is 0 Å². The van der Waals surface area contributed by atoms with Crippen LogP contribution in [0.1, 0.15) is 65.2 Å². The Morgan fingerprint density at radius 2 is 1.90 bits per heavy atom. The van der Waals surface area contributed by atoms with Gasteiger partial charge in [0, 0.05) is 6.04 Å². The molecule has 0 unspecified atom stereocenters. The maximum atomic E-state index is 10.0. The normalized spacial score (nSPS) is 56.2. The second kappa shape index (κ2) is 4.58. The first-order valence-corrected chi connectivity index (χ1v) is 9.08. The third kappa shape index (κ3) is 1.84. The number of nitrogens with two attached hydrogens (primary N) is 1. The molecule has 4 aliphatic carbocycles. The Labute approximate surface area is 129 Å². The Morgan fingerprint density at radius 1 is 1.10 bits per heavy atom. The van der Waals surface area contributed by atoms with E-state index in [4.69, 9.17) is 5.73 Å². The van der Waals surface area contributed by atoms with Crippen LogP contribution >= 0.6 is 0 Å². The molecular weight excluding hydrogens is 258 g/mol. The Hall–Kier alpha value is -0.340. The fourth-order valence-corrected chi connectivity index (χ4v) is 6.68. The minimum atomic E-state index is -0.0883. The molecule has 3 fully saturated rings. The molecule has 2 heteroatoms. The van der Waals surface area contributed by atoms with Crippen molar-refractivity contribution in [2.24, 2.45) is 34.3 Å². The summed E-state index contributed by atoms with van der Waals surface area (Å²) in [5.74, 6) is 2.53. The molecule has 0 saturated heterocycles. The summed E-state index contributed by atoms with van der Waals surface area (Å²) in [6, 6.07) is 0.426. The van der Waals surface area contributed by atoms with E-state index in [2.05, 4.69) is 19.9 Å². The second-order valence-electron chi connectivity index (χ2n) is 8.88. The van der Waals surface area contributed by atoms with Crippen molar-refractivity contribution >= 4 is 0 Å². The monoisotopic (exact) mass is 289 g/mol. The number of hydrogen-bond acceptors (Lipinski definition) is 2. The van der Waals surface area contributed by atoms with Crippen LogP contribution < -0.4 is 5.73 Å². The van der Waals surface area contributed by atoms with Crippen LogP contribution in [-0.2, 0) is 0 Å². The summed E-state index contributed by atoms with van der Waals surface area (Å²) >= 11 is 0. The largest absolute Gasteiger partial charge is 0.393 e. The molecule has 0 bridgehead atoms. The minimum Gasteiger partial charge on any atom is -0.393 e. The van der Waals surface area contributed by atoms with E-state index in [1.54, 1.807) is 5.57 Å². The molecular formula is C19H31NO. The number of allylic oxidation sites excluding steroid dienone is 1. The number of rotatable bonds is 0. The van der Waals surface area contributed by atoms with Crippen molar-refractivity contribution in [3.05, 3.63) is 11.6 Å². The van der Waals surface area contributed by atoms with Gasteiger partial charge in [0.05, 0.1) is 6.10 Å². The molecule has 0 spiro atoms. The van der Waals surface area contributed by atoms with Crippen LogP contribution in [0.25, 0.3) is 0 Å². The van der Waals surface area contributed by atoms with Gasteiger partial charge in [-0.15, -0.1) is 0 Å². The van der Waals surface area contributed by atoms with Gasteiger partial charge in [0.15, 0.2) is 0 Å². The first-order valence-electron chi connectivity index (χ1n) is 9.08. The van der Waals surface area contributed by atoms with Gasteiger partial charge in [0.2, 0.25) is 0 Å². The van der Waals surface area contributed by atoms with Crippen molar-refractivity contribution in [1.82, 2.24) is 0 Å². The molecule has 4 rings (SSSR count). The Morgan fingerprint density at radius 3 is 2.71 bits per heavy atom. The summed E-state index contributed by atoms with van der Waals surface area (Å²) in [5.41, 5.74) is 8.83. The van der Waals surface area contributed by atoms with Crippen molar-refractivity contribution in [1.29, 1.82) is 0 Å². The summed E-state index contributed by atoms with van der Waals surface area (Å²) in [5, 5.41) is 10.0. The van der Waals surface area contributed by atoms with Gasteiger partial charge in [-0.05, 0) is 80.0 Å². The van der Waals surface area contributed by atoms with E-state index in [1.807, 2.05) is 0 Å². The lowest BCUT2D eigenvalue weighted by Gasteiger charge is -2.57. The molecule has 0 radical (unpaired) electrons. The lowest BCUT2D eigenvalue weighted by molar-refractivity contribution is -0.0401. The van der Waals surface area contributed by atoms with Crippen LogP contribution in [0.4, 0.5) is 0 Å². The van der Waals surface area contributed by atoms with Crippen molar-refractivity contribution in [2.75, 3.05) is 0 Å². The zero-order valence-corrected chi connectivity index (χ0v) is 13.6. The van der Waals surface area contributed by atoms with Crippen molar-refractivity contribution in [2.45, 2.75) is 77.4 Å². The van der Waals surface area contributed by atoms with Crippen LogP contribution in [-0.4, -0.2) is 17.3 Å². The van der Waals surface area contributed by atoms with Crippen molar-refractivity contribution in [3.8, 4) is 0 Å². The summed E-state index contributed by atoms with van der Waals surface area (Å²) in [4.78, 5) is 0. The van der Waals surface area contributed by atoms with Gasteiger partial charge < -0.3 is 10.8 Å². The predicted octanol–water partition coefficient (Wildman–Crippen LogP) is 3.64. The standard InChI is InChI=1S/C19H31NO/c1-18-9-7-13(21)11-12(18)3-4-14-15-5-6-17(20)19(15,2)10-8-16(14)18/h3,13-17,21H,4-11,20H2,1-2H3/t13-,14+,15+,16+,17-,18-,19+/m0/s1. The number of aliphatic hydroxyl groups excluding tert-OH is 1. The zero-order valence-electron chi connectivity index (χ0n) is 13.6. The summed E-state index contributed by atoms with van der Waals surface area (Å²) in [7, 11) is 0. The average Bonchev–Trinajstić information content (AvgIpc) is 2.76. The average molecular weight is 289 g/mol. The maximum absolute atomic E-state index is 10.0. The SMILES string of the molecule is C[C@@]12CC[C@@H]3[C@H](CC=C4C[C@@H](O)CC[C@@]43C)[C@H]1CC[C@@H]2N. The highest BCUT2D eigenvalue weighted by molar-refractivity contribution is 5.25. The second-order valence-corrected chi connectivity index (χ2v) is 8.88. The van der Waals surface area contributed by atoms with Gasteiger partial charge in [-0.25, -0.2) is 0 Å². The molecule has 0 amide bonds. The van der Waals surface area contributed by atoms with E-state index in [9.17, 15) is 5.11 Å². The number of hydrogen-bond donors (Lipinski definition) is 2. The van der Waals surface area contributed by atoms with E-state index in [1.165, 1.54) is 38.5 Å². The maximum Gasteiger partial charge on any atom is 0.0577 e. The Kier molecular flexibility index (Phi) is 3.11. The molecule has 2 nitrogen and oxygen atoms in total. The fourth-order valence-electron chi connectivity index (χ4n) is 6.68. The third-order valence-electron chi connectivity index (χ3n) is 8.15. The molecule has 3 saturated carbocycles. The quantitative estimate of drug-likeness (QED) is 0.669. The van der Waals surface area contributed by atoms with Gasteiger partial charge in [-0.3, -0.25) is 0 Å². The Balaban J connectivity index is 1.68. The predicted molar refractivity (Wildman–Crippen MR) is 85.7 cm³/mol. The van der Waals surface area contributed by atoms with Crippen LogP contribution in [0.5, 0.6) is 0 Å². The first-order chi connectivity index (χ1) is 9.95. The van der Waals surface area contributed by atoms with Gasteiger partial charge >= 0.3 is 0 Å². The van der Waals surface area contributed by atoms with Crippen molar-refractivity contribution < 1.29 is 5.11 Å². The molecule has 0 aromatic heterocycles. The Bertz CT molecular complexity index is 472. The molecule has 0 aromatic carbocycles. The van der Waals surface area contributed by atoms with E-state index < -0.39 is 0 Å². The molecule has 118 valence electrons. The summed E-state index contributed by atoms with van der Waals surface area (Å²) < 4.78 is 0. The van der Waals surface area contributed by atoms with Crippen molar-refractivity contribution in [3.63, 3.8) is 0 Å². The minimum absolute atomic E-state index is 0.0883. The number of fused-ring (bicyclic) bond motifs is 5. The molecule has 3 N–H and O–H groups in total. The molecule has 0 aromatic rings. The lowest BCUT2D eigenvalue weighted by atomic mass is 9.48. The van der Waals surface area contributed by atoms with E-state index in [-0.39, 0.29) is 6.10 Å². The molecule has 4 aliphatic rings. The van der Waals surface area contributed by atoms with Crippen LogP contribution in [0.3, 0.4) is 0 Å². The van der Waals surface area contributed by atoms with Gasteiger partial charge in [-0.2, -0.15) is 0 Å². The number of aliphatic hydroxyl groups is 1. The smallest absolute Gasteiger partial charge is 0.0577 e. The highest BCUT2D eigenvalue weighted by Gasteiger charge is 2.57. The zero-order chi connectivity index (χ0) is 14.8. The summed E-state index contributed by atoms with van der Waals surface area (Å²) in [6.07, 6.45) is 12.1. The van der Waals surface area contributed by atoms with E-state index in [0.717, 1.165) is 30.6 Å². The van der Waals surface area contributed by atoms with Gasteiger partial charge in [0.25, 0.3) is 0 Å². The topological polar surface area (TPSA) is 46.2 Å². The van der Waals surface area contributed by atoms with Crippen LogP contribution in [0.15, 0.2) is 11.6 Å².